The second-order valence-corrected chi connectivity index (χ2v) is 4.91. The molecule has 0 saturated carbocycles. The zero-order valence-electron chi connectivity index (χ0n) is 10.3. The number of halogens is 4. The quantitative estimate of drug-likeness (QED) is 0.457. The van der Waals surface area contributed by atoms with Crippen molar-refractivity contribution in [3.05, 3.63) is 35.1 Å². The Morgan fingerprint density at radius 2 is 1.63 bits per heavy atom. The lowest BCUT2D eigenvalue weighted by molar-refractivity contribution is 0.0951. The second-order valence-electron chi connectivity index (χ2n) is 4.11. The molecule has 0 aliphatic carbocycles. The summed E-state index contributed by atoms with van der Waals surface area (Å²) in [6, 6.07) is 1.39. The first-order valence-corrected chi connectivity index (χ1v) is 7.17. The summed E-state index contributed by atoms with van der Waals surface area (Å²) in [6.45, 7) is 0.432. The van der Waals surface area contributed by atoms with Gasteiger partial charge < -0.3 is 5.32 Å². The Hall–Kier alpha value is -1.04. The summed E-state index contributed by atoms with van der Waals surface area (Å²) in [5, 5.41) is 3.50. The molecule has 0 spiro atoms. The van der Waals surface area contributed by atoms with Gasteiger partial charge in [-0.3, -0.25) is 4.79 Å². The average molecular weight is 338 g/mol. The van der Waals surface area contributed by atoms with Crippen LogP contribution in [0, 0.1) is 17.5 Å². The van der Waals surface area contributed by atoms with Gasteiger partial charge in [-0.15, -0.1) is 0 Å². The van der Waals surface area contributed by atoms with Gasteiger partial charge in [-0.05, 0) is 25.0 Å². The zero-order valence-corrected chi connectivity index (χ0v) is 11.9. The fourth-order valence-corrected chi connectivity index (χ4v) is 1.96. The Morgan fingerprint density at radius 3 is 2.21 bits per heavy atom. The molecule has 6 heteroatoms. The van der Waals surface area contributed by atoms with Crippen LogP contribution < -0.4 is 5.32 Å². The van der Waals surface area contributed by atoms with Crippen molar-refractivity contribution in [1.82, 2.24) is 5.32 Å². The third-order valence-corrected chi connectivity index (χ3v) is 3.15. The van der Waals surface area contributed by atoms with Crippen molar-refractivity contribution >= 4 is 21.8 Å². The number of carbonyl (C=O) groups is 1. The molecular formula is C13H15BrF3NO. The first-order valence-electron chi connectivity index (χ1n) is 6.05. The SMILES string of the molecule is O=C(NCCCCCCBr)c1cc(F)c(F)c(F)c1. The number of nitrogens with one attached hydrogen (secondary N) is 1. The molecule has 1 rings (SSSR count). The number of hydrogen-bond acceptors (Lipinski definition) is 1. The predicted octanol–water partition coefficient (Wildman–Crippen LogP) is 3.79. The highest BCUT2D eigenvalue weighted by Crippen LogP contribution is 2.13. The minimum Gasteiger partial charge on any atom is -0.352 e. The first-order chi connectivity index (χ1) is 9.06. The van der Waals surface area contributed by atoms with E-state index in [-0.39, 0.29) is 5.56 Å². The number of rotatable bonds is 7. The molecule has 0 aliphatic rings. The highest BCUT2D eigenvalue weighted by molar-refractivity contribution is 9.09. The molecule has 2 nitrogen and oxygen atoms in total. The molecule has 0 fully saturated rings. The van der Waals surface area contributed by atoms with Gasteiger partial charge >= 0.3 is 0 Å². The number of unbranched alkanes of at least 4 members (excludes halogenated alkanes) is 3. The van der Waals surface area contributed by atoms with Gasteiger partial charge in [0.1, 0.15) is 0 Å². The van der Waals surface area contributed by atoms with E-state index in [1.165, 1.54) is 0 Å². The van der Waals surface area contributed by atoms with Crippen molar-refractivity contribution in [2.24, 2.45) is 0 Å². The monoisotopic (exact) mass is 337 g/mol. The van der Waals surface area contributed by atoms with Crippen LogP contribution in [0.5, 0.6) is 0 Å². The molecule has 0 atom stereocenters. The minimum absolute atomic E-state index is 0.211. The maximum absolute atomic E-state index is 12.9. The van der Waals surface area contributed by atoms with Crippen molar-refractivity contribution in [3.8, 4) is 0 Å². The Balaban J connectivity index is 2.42. The van der Waals surface area contributed by atoms with Crippen LogP contribution in [-0.4, -0.2) is 17.8 Å². The van der Waals surface area contributed by atoms with Crippen LogP contribution in [0.3, 0.4) is 0 Å². The molecule has 19 heavy (non-hydrogen) atoms. The van der Waals surface area contributed by atoms with Gasteiger partial charge in [0, 0.05) is 17.4 Å². The first kappa shape index (κ1) is 16.0. The Labute approximate surface area is 118 Å². The summed E-state index contributed by atoms with van der Waals surface area (Å²) < 4.78 is 38.6. The van der Waals surface area contributed by atoms with E-state index in [1.807, 2.05) is 0 Å². The van der Waals surface area contributed by atoms with Gasteiger partial charge in [-0.25, -0.2) is 13.2 Å². The molecule has 0 aliphatic heterocycles. The van der Waals surface area contributed by atoms with Crippen LogP contribution in [0.15, 0.2) is 12.1 Å². The number of amides is 1. The lowest BCUT2D eigenvalue weighted by Crippen LogP contribution is -2.24. The van der Waals surface area contributed by atoms with Crippen LogP contribution in [0.2, 0.25) is 0 Å². The van der Waals surface area contributed by atoms with E-state index in [9.17, 15) is 18.0 Å². The second kappa shape index (κ2) is 8.19. The summed E-state index contributed by atoms with van der Waals surface area (Å²) in [5.74, 6) is -4.88. The molecular weight excluding hydrogens is 323 g/mol. The minimum atomic E-state index is -1.56. The molecule has 1 aromatic rings. The summed E-state index contributed by atoms with van der Waals surface area (Å²) in [4.78, 5) is 11.6. The molecule has 1 N–H and O–H groups in total. The molecule has 106 valence electrons. The fraction of sp³-hybridized carbons (Fsp3) is 0.462. The van der Waals surface area contributed by atoms with Gasteiger partial charge in [-0.1, -0.05) is 28.8 Å². The van der Waals surface area contributed by atoms with Gasteiger partial charge in [0.25, 0.3) is 5.91 Å². The van der Waals surface area contributed by atoms with Crippen LogP contribution in [0.25, 0.3) is 0 Å². The number of hydrogen-bond donors (Lipinski definition) is 1. The van der Waals surface area contributed by atoms with E-state index in [1.54, 1.807) is 0 Å². The molecule has 0 aromatic heterocycles. The maximum atomic E-state index is 12.9. The maximum Gasteiger partial charge on any atom is 0.251 e. The third-order valence-electron chi connectivity index (χ3n) is 2.59. The van der Waals surface area contributed by atoms with Gasteiger partial charge in [-0.2, -0.15) is 0 Å². The number of alkyl halides is 1. The molecule has 1 amide bonds. The summed E-state index contributed by atoms with van der Waals surface area (Å²) >= 11 is 3.32. The standard InChI is InChI=1S/C13H15BrF3NO/c14-5-3-1-2-4-6-18-13(19)9-7-10(15)12(17)11(16)8-9/h7-8H,1-6H2,(H,18,19). The van der Waals surface area contributed by atoms with Gasteiger partial charge in [0.15, 0.2) is 17.5 Å². The topological polar surface area (TPSA) is 29.1 Å². The summed E-state index contributed by atoms with van der Waals surface area (Å²) in [7, 11) is 0. The van der Waals surface area contributed by atoms with Crippen molar-refractivity contribution in [3.63, 3.8) is 0 Å². The molecule has 1 aromatic carbocycles. The van der Waals surface area contributed by atoms with Crippen molar-refractivity contribution in [2.75, 3.05) is 11.9 Å². The summed E-state index contributed by atoms with van der Waals surface area (Å²) in [5.41, 5.74) is -0.211. The molecule has 0 unspecified atom stereocenters. The lowest BCUT2D eigenvalue weighted by Gasteiger charge is -2.06. The van der Waals surface area contributed by atoms with Crippen LogP contribution >= 0.6 is 15.9 Å². The highest BCUT2D eigenvalue weighted by Gasteiger charge is 2.14. The molecule has 0 saturated heterocycles. The van der Waals surface area contributed by atoms with Gasteiger partial charge in [0.05, 0.1) is 0 Å². The van der Waals surface area contributed by atoms with E-state index in [0.717, 1.165) is 31.0 Å². The van der Waals surface area contributed by atoms with Crippen molar-refractivity contribution in [2.45, 2.75) is 25.7 Å². The van der Waals surface area contributed by atoms with Crippen LogP contribution in [-0.2, 0) is 0 Å². The Kier molecular flexibility index (Phi) is 6.91. The Morgan fingerprint density at radius 1 is 1.05 bits per heavy atom. The van der Waals surface area contributed by atoms with Crippen molar-refractivity contribution < 1.29 is 18.0 Å². The molecule has 0 radical (unpaired) electrons. The summed E-state index contributed by atoms with van der Waals surface area (Å²) in [6.07, 6.45) is 3.90. The van der Waals surface area contributed by atoms with Crippen LogP contribution in [0.4, 0.5) is 13.2 Å². The number of benzene rings is 1. The third kappa shape index (κ3) is 5.22. The van der Waals surface area contributed by atoms with Gasteiger partial charge in [0.2, 0.25) is 0 Å². The largest absolute Gasteiger partial charge is 0.352 e. The van der Waals surface area contributed by atoms with E-state index < -0.39 is 23.4 Å². The Bertz CT molecular complexity index is 417. The lowest BCUT2D eigenvalue weighted by atomic mass is 10.1. The predicted molar refractivity (Wildman–Crippen MR) is 70.9 cm³/mol. The van der Waals surface area contributed by atoms with E-state index >= 15 is 0 Å². The zero-order chi connectivity index (χ0) is 14.3. The van der Waals surface area contributed by atoms with Crippen molar-refractivity contribution in [1.29, 1.82) is 0 Å². The van der Waals surface area contributed by atoms with E-state index in [2.05, 4.69) is 21.2 Å². The fourth-order valence-electron chi connectivity index (χ4n) is 1.56. The van der Waals surface area contributed by atoms with Crippen LogP contribution in [0.1, 0.15) is 36.0 Å². The average Bonchev–Trinajstić information content (AvgIpc) is 2.39. The highest BCUT2D eigenvalue weighted by atomic mass is 79.9. The van der Waals surface area contributed by atoms with E-state index in [4.69, 9.17) is 0 Å². The smallest absolute Gasteiger partial charge is 0.251 e. The normalized spacial score (nSPS) is 10.5. The molecule has 0 bridgehead atoms. The van der Waals surface area contributed by atoms with E-state index in [0.29, 0.717) is 18.7 Å². The molecule has 0 heterocycles. The number of carbonyl (C=O) groups excluding carboxylic acids is 1.